The van der Waals surface area contributed by atoms with Gasteiger partial charge in [0.2, 0.25) is 0 Å². The van der Waals surface area contributed by atoms with Crippen molar-refractivity contribution in [3.05, 3.63) is 70.9 Å². The predicted octanol–water partition coefficient (Wildman–Crippen LogP) is 7.47. The Hall–Kier alpha value is -2.28. The molecule has 0 bridgehead atoms. The maximum absolute atomic E-state index is 2.45. The molecule has 3 aromatic rings. The molecule has 0 saturated carbocycles. The average Bonchev–Trinajstić information content (AvgIpc) is 2.94. The van der Waals surface area contributed by atoms with Gasteiger partial charge >= 0.3 is 0 Å². The molecular weight excluding hydrogens is 338 g/mol. The van der Waals surface area contributed by atoms with E-state index in [1.165, 1.54) is 39.0 Å². The van der Waals surface area contributed by atoms with E-state index in [1.807, 2.05) is 0 Å². The maximum Gasteiger partial charge on any atom is 0.0537 e. The minimum absolute atomic E-state index is 0.154. The van der Waals surface area contributed by atoms with Gasteiger partial charge in [-0.15, -0.1) is 0 Å². The first-order valence-electron chi connectivity index (χ1n) is 10.5. The fourth-order valence-electron chi connectivity index (χ4n) is 4.29. The van der Waals surface area contributed by atoms with Gasteiger partial charge in [-0.05, 0) is 71.6 Å². The summed E-state index contributed by atoms with van der Waals surface area (Å²) in [7, 11) is 0. The number of allylic oxidation sites excluding steroid dienone is 1. The predicted molar refractivity (Wildman–Crippen MR) is 122 cm³/mol. The van der Waals surface area contributed by atoms with Crippen molar-refractivity contribution in [3.8, 4) is 5.69 Å². The molecule has 1 unspecified atom stereocenters. The maximum atomic E-state index is 2.45. The summed E-state index contributed by atoms with van der Waals surface area (Å²) in [5, 5.41) is 1.42. The van der Waals surface area contributed by atoms with Crippen LogP contribution in [0.25, 0.3) is 22.7 Å². The lowest BCUT2D eigenvalue weighted by Crippen LogP contribution is -2.22. The topological polar surface area (TPSA) is 4.93 Å². The first-order valence-corrected chi connectivity index (χ1v) is 10.5. The lowest BCUT2D eigenvalue weighted by Gasteiger charge is -2.30. The standard InChI is InChI=1S/C27H33N/c1-18-8-12-21(13-9-18)28-24-14-10-19(26(2,3)4)16-22(24)23-17-20(27(5,6)7)11-15-25(23)28/h8-16,20H,17H2,1-7H3. The van der Waals surface area contributed by atoms with E-state index >= 15 is 0 Å². The summed E-state index contributed by atoms with van der Waals surface area (Å²) in [5.41, 5.74) is 8.56. The van der Waals surface area contributed by atoms with Crippen LogP contribution in [0.2, 0.25) is 0 Å². The highest BCUT2D eigenvalue weighted by molar-refractivity contribution is 5.91. The molecule has 1 nitrogen and oxygen atoms in total. The molecule has 146 valence electrons. The van der Waals surface area contributed by atoms with Crippen molar-refractivity contribution in [1.82, 2.24) is 4.57 Å². The molecule has 4 rings (SSSR count). The summed E-state index contributed by atoms with van der Waals surface area (Å²) < 4.78 is 2.45. The van der Waals surface area contributed by atoms with Gasteiger partial charge in [0.25, 0.3) is 0 Å². The Bertz CT molecular complexity index is 1050. The zero-order valence-corrected chi connectivity index (χ0v) is 18.4. The van der Waals surface area contributed by atoms with Gasteiger partial charge in [0.05, 0.1) is 5.52 Å². The molecule has 28 heavy (non-hydrogen) atoms. The van der Waals surface area contributed by atoms with Gasteiger partial charge in [-0.25, -0.2) is 0 Å². The monoisotopic (exact) mass is 371 g/mol. The zero-order chi connectivity index (χ0) is 20.3. The molecule has 1 aliphatic carbocycles. The van der Waals surface area contributed by atoms with E-state index in [9.17, 15) is 0 Å². The van der Waals surface area contributed by atoms with E-state index in [2.05, 4.69) is 108 Å². The average molecular weight is 372 g/mol. The molecule has 0 aliphatic heterocycles. The van der Waals surface area contributed by atoms with Crippen LogP contribution in [0.4, 0.5) is 0 Å². The zero-order valence-electron chi connectivity index (χ0n) is 18.4. The quantitative estimate of drug-likeness (QED) is 0.418. The Morgan fingerprint density at radius 3 is 2.18 bits per heavy atom. The van der Waals surface area contributed by atoms with E-state index in [0.29, 0.717) is 5.92 Å². The van der Waals surface area contributed by atoms with Crippen LogP contribution in [0.5, 0.6) is 0 Å². The first kappa shape index (κ1) is 19.1. The normalized spacial score (nSPS) is 17.2. The highest BCUT2D eigenvalue weighted by Gasteiger charge is 2.29. The number of aromatic nitrogens is 1. The Morgan fingerprint density at radius 2 is 1.57 bits per heavy atom. The van der Waals surface area contributed by atoms with Crippen LogP contribution in [-0.2, 0) is 11.8 Å². The lowest BCUT2D eigenvalue weighted by atomic mass is 9.74. The summed E-state index contributed by atoms with van der Waals surface area (Å²) in [6.07, 6.45) is 5.90. The Morgan fingerprint density at radius 1 is 0.893 bits per heavy atom. The van der Waals surface area contributed by atoms with Gasteiger partial charge in [-0.1, -0.05) is 71.4 Å². The number of fused-ring (bicyclic) bond motifs is 3. The summed E-state index contributed by atoms with van der Waals surface area (Å²) >= 11 is 0. The molecule has 2 aromatic carbocycles. The van der Waals surface area contributed by atoms with Crippen LogP contribution in [0.3, 0.4) is 0 Å². The summed E-state index contributed by atoms with van der Waals surface area (Å²) in [4.78, 5) is 0. The molecule has 1 heterocycles. The van der Waals surface area contributed by atoms with Gasteiger partial charge in [0.1, 0.15) is 0 Å². The van der Waals surface area contributed by atoms with Crippen molar-refractivity contribution < 1.29 is 0 Å². The Labute approximate surface area is 170 Å². The lowest BCUT2D eigenvalue weighted by molar-refractivity contribution is 0.291. The second-order valence-corrected chi connectivity index (χ2v) is 10.6. The third-order valence-corrected chi connectivity index (χ3v) is 6.29. The minimum Gasteiger partial charge on any atom is -0.310 e. The third kappa shape index (κ3) is 3.21. The first-order chi connectivity index (χ1) is 13.1. The van der Waals surface area contributed by atoms with Gasteiger partial charge in [0.15, 0.2) is 0 Å². The molecule has 1 heteroatoms. The second kappa shape index (κ2) is 6.37. The van der Waals surface area contributed by atoms with E-state index in [1.54, 1.807) is 0 Å². The number of hydrogen-bond donors (Lipinski definition) is 0. The van der Waals surface area contributed by atoms with Gasteiger partial charge in [-0.3, -0.25) is 0 Å². The van der Waals surface area contributed by atoms with Crippen LogP contribution in [0.15, 0.2) is 48.5 Å². The number of rotatable bonds is 1. The van der Waals surface area contributed by atoms with Crippen LogP contribution in [-0.4, -0.2) is 4.57 Å². The molecule has 0 radical (unpaired) electrons. The van der Waals surface area contributed by atoms with E-state index in [4.69, 9.17) is 0 Å². The largest absolute Gasteiger partial charge is 0.310 e. The van der Waals surface area contributed by atoms with E-state index < -0.39 is 0 Å². The third-order valence-electron chi connectivity index (χ3n) is 6.29. The number of aryl methyl sites for hydroxylation is 1. The van der Waals surface area contributed by atoms with Gasteiger partial charge < -0.3 is 4.57 Å². The van der Waals surface area contributed by atoms with E-state index in [-0.39, 0.29) is 10.8 Å². The van der Waals surface area contributed by atoms with Gasteiger partial charge in [0, 0.05) is 16.8 Å². The van der Waals surface area contributed by atoms with E-state index in [0.717, 1.165) is 6.42 Å². The summed E-state index contributed by atoms with van der Waals surface area (Å²) in [6, 6.07) is 16.0. The molecule has 0 N–H and O–H groups in total. The smallest absolute Gasteiger partial charge is 0.0537 e. The van der Waals surface area contributed by atoms with Crippen molar-refractivity contribution in [3.63, 3.8) is 0 Å². The summed E-state index contributed by atoms with van der Waals surface area (Å²) in [6.45, 7) is 16.1. The van der Waals surface area contributed by atoms with Crippen LogP contribution in [0, 0.1) is 18.3 Å². The fraction of sp³-hybridized carbons (Fsp3) is 0.407. The molecule has 0 spiro atoms. The van der Waals surface area contributed by atoms with Crippen molar-refractivity contribution in [2.24, 2.45) is 11.3 Å². The van der Waals surface area contributed by atoms with Crippen LogP contribution in [0.1, 0.15) is 63.9 Å². The second-order valence-electron chi connectivity index (χ2n) is 10.6. The van der Waals surface area contributed by atoms with Gasteiger partial charge in [-0.2, -0.15) is 0 Å². The number of hydrogen-bond acceptors (Lipinski definition) is 0. The SMILES string of the molecule is Cc1ccc(-n2c3c(c4cc(C(C)(C)C)ccc42)CC(C(C)(C)C)C=C3)cc1. The molecular formula is C27H33N. The minimum atomic E-state index is 0.154. The molecule has 1 atom stereocenters. The van der Waals surface area contributed by atoms with Crippen molar-refractivity contribution in [2.45, 2.75) is 60.3 Å². The Kier molecular flexibility index (Phi) is 4.34. The molecule has 1 aliphatic rings. The number of benzene rings is 2. The Balaban J connectivity index is 1.99. The highest BCUT2D eigenvalue weighted by Crippen LogP contribution is 2.41. The highest BCUT2D eigenvalue weighted by atomic mass is 15.0. The van der Waals surface area contributed by atoms with Crippen molar-refractivity contribution in [2.75, 3.05) is 0 Å². The van der Waals surface area contributed by atoms with Crippen molar-refractivity contribution >= 4 is 17.0 Å². The fourth-order valence-corrected chi connectivity index (χ4v) is 4.29. The van der Waals surface area contributed by atoms with Crippen molar-refractivity contribution in [1.29, 1.82) is 0 Å². The number of nitrogens with zero attached hydrogens (tertiary/aromatic N) is 1. The molecule has 0 fully saturated rings. The summed E-state index contributed by atoms with van der Waals surface area (Å²) in [5.74, 6) is 0.565. The van der Waals surface area contributed by atoms with Crippen LogP contribution < -0.4 is 0 Å². The molecule has 0 saturated heterocycles. The van der Waals surface area contributed by atoms with Crippen LogP contribution >= 0.6 is 0 Å². The molecule has 0 amide bonds. The molecule has 1 aromatic heterocycles.